The Morgan fingerprint density at radius 3 is 2.63 bits per heavy atom. The van der Waals surface area contributed by atoms with Crippen molar-refractivity contribution in [3.8, 4) is 11.3 Å². The number of pyridine rings is 1. The molecule has 6 rings (SSSR count). The standard InChI is InChI=1S/C30H30F3N7O3/c1-17-13-36-25(34)24-23(38-26(40(17)24)20-4-3-11-39(14-20)28(42)29(2)15-43-16-29)18-5-7-19(8-6-18)27(41)37-22-12-21(9-10-35-22)30(31,32)33/h5-10,12-13,20H,3-4,11,14-16H2,1-2H3,(H2,34,36)(H,35,37,41)/t20-/m1/s1/i1D3. The highest BCUT2D eigenvalue weighted by Gasteiger charge is 2.45. The highest BCUT2D eigenvalue weighted by molar-refractivity contribution is 6.04. The van der Waals surface area contributed by atoms with Gasteiger partial charge in [0.05, 0.1) is 24.2 Å². The molecule has 43 heavy (non-hydrogen) atoms. The summed E-state index contributed by atoms with van der Waals surface area (Å²) in [5.41, 5.74) is 5.94. The van der Waals surface area contributed by atoms with E-state index in [2.05, 4.69) is 15.3 Å². The Kier molecular flexibility index (Phi) is 6.19. The van der Waals surface area contributed by atoms with Gasteiger partial charge in [0.2, 0.25) is 5.91 Å². The number of halogens is 3. The number of imidazole rings is 1. The molecular formula is C30H30F3N7O3. The maximum Gasteiger partial charge on any atom is 0.416 e. The molecular weight excluding hydrogens is 563 g/mol. The Morgan fingerprint density at radius 1 is 1.19 bits per heavy atom. The third-order valence-corrected chi connectivity index (χ3v) is 7.89. The van der Waals surface area contributed by atoms with Crippen molar-refractivity contribution in [3.05, 3.63) is 71.4 Å². The molecule has 1 aromatic carbocycles. The first kappa shape index (κ1) is 25.0. The van der Waals surface area contributed by atoms with Crippen LogP contribution < -0.4 is 11.1 Å². The number of aromatic nitrogens is 4. The maximum atomic E-state index is 13.3. The highest BCUT2D eigenvalue weighted by atomic mass is 19.4. The lowest BCUT2D eigenvalue weighted by atomic mass is 9.85. The molecule has 5 heterocycles. The minimum absolute atomic E-state index is 0.0176. The van der Waals surface area contributed by atoms with Crippen LogP contribution >= 0.6 is 0 Å². The largest absolute Gasteiger partial charge is 0.416 e. The summed E-state index contributed by atoms with van der Waals surface area (Å²) >= 11 is 0. The minimum Gasteiger partial charge on any atom is -0.382 e. The Balaban J connectivity index is 1.35. The van der Waals surface area contributed by atoms with Crippen LogP contribution in [0.2, 0.25) is 0 Å². The Hall–Kier alpha value is -4.52. The van der Waals surface area contributed by atoms with Gasteiger partial charge in [-0.3, -0.25) is 14.0 Å². The monoisotopic (exact) mass is 596 g/mol. The predicted octanol–water partition coefficient (Wildman–Crippen LogP) is 4.70. The summed E-state index contributed by atoms with van der Waals surface area (Å²) < 4.78 is 70.7. The minimum atomic E-state index is -4.60. The summed E-state index contributed by atoms with van der Waals surface area (Å²) in [5.74, 6) is -0.801. The number of piperidine rings is 1. The van der Waals surface area contributed by atoms with Gasteiger partial charge in [-0.1, -0.05) is 12.1 Å². The number of anilines is 2. The van der Waals surface area contributed by atoms with Crippen molar-refractivity contribution >= 4 is 29.0 Å². The molecule has 13 heteroatoms. The van der Waals surface area contributed by atoms with Crippen molar-refractivity contribution in [2.24, 2.45) is 5.41 Å². The summed E-state index contributed by atoms with van der Waals surface area (Å²) in [6, 6.07) is 7.62. The quantitative estimate of drug-likeness (QED) is 0.342. The molecule has 2 amide bonds. The zero-order chi connectivity index (χ0) is 33.0. The number of likely N-dealkylation sites (tertiary alicyclic amines) is 1. The number of amides is 2. The Morgan fingerprint density at radius 2 is 1.95 bits per heavy atom. The molecule has 3 aromatic heterocycles. The first-order valence-corrected chi connectivity index (χ1v) is 13.7. The fourth-order valence-electron chi connectivity index (χ4n) is 5.57. The lowest BCUT2D eigenvalue weighted by Crippen LogP contribution is -2.55. The molecule has 0 saturated carbocycles. The summed E-state index contributed by atoms with van der Waals surface area (Å²) in [6.07, 6.45) is -1.09. The number of hydrogen-bond acceptors (Lipinski definition) is 7. The van der Waals surface area contributed by atoms with E-state index in [1.54, 1.807) is 17.0 Å². The van der Waals surface area contributed by atoms with Crippen molar-refractivity contribution in [2.75, 3.05) is 37.4 Å². The summed E-state index contributed by atoms with van der Waals surface area (Å²) in [5, 5.41) is 2.37. The zero-order valence-electron chi connectivity index (χ0n) is 26.1. The number of carbonyl (C=O) groups excluding carboxylic acids is 2. The van der Waals surface area contributed by atoms with Gasteiger partial charge in [0.25, 0.3) is 5.91 Å². The molecule has 2 aliphatic heterocycles. The number of benzene rings is 1. The van der Waals surface area contributed by atoms with Crippen LogP contribution in [-0.4, -0.2) is 62.4 Å². The number of aryl methyl sites for hydroxylation is 1. The van der Waals surface area contributed by atoms with Crippen LogP contribution in [0.3, 0.4) is 0 Å². The maximum absolute atomic E-state index is 13.3. The van der Waals surface area contributed by atoms with Crippen LogP contribution in [0.5, 0.6) is 0 Å². The molecule has 10 nitrogen and oxygen atoms in total. The second-order valence-corrected chi connectivity index (χ2v) is 11.1. The van der Waals surface area contributed by atoms with Crippen molar-refractivity contribution in [1.82, 2.24) is 24.3 Å². The molecule has 0 unspecified atom stereocenters. The fourth-order valence-corrected chi connectivity index (χ4v) is 5.57. The van der Waals surface area contributed by atoms with Crippen molar-refractivity contribution in [2.45, 2.75) is 38.7 Å². The average Bonchev–Trinajstić information content (AvgIpc) is 3.40. The SMILES string of the molecule is [2H]C([2H])([2H])c1cnc(N)c2c(-c3ccc(C(=O)Nc4cc(C(F)(F)F)ccn4)cc3)nc([C@@H]3CCCN(C(=O)C4(C)COC4)C3)n12. The van der Waals surface area contributed by atoms with Crippen molar-refractivity contribution in [1.29, 1.82) is 0 Å². The lowest BCUT2D eigenvalue weighted by Gasteiger charge is -2.42. The topological polar surface area (TPSA) is 128 Å². The van der Waals surface area contributed by atoms with Gasteiger partial charge in [0, 0.05) is 52.3 Å². The van der Waals surface area contributed by atoms with E-state index in [4.69, 9.17) is 19.6 Å². The van der Waals surface area contributed by atoms with Crippen molar-refractivity contribution in [3.63, 3.8) is 0 Å². The third kappa shape index (κ3) is 5.29. The van der Waals surface area contributed by atoms with E-state index in [-0.39, 0.29) is 40.2 Å². The van der Waals surface area contributed by atoms with E-state index >= 15 is 0 Å². The summed E-state index contributed by atoms with van der Waals surface area (Å²) in [7, 11) is 0. The van der Waals surface area contributed by atoms with E-state index < -0.39 is 29.9 Å². The number of nitrogen functional groups attached to an aromatic ring is 1. The van der Waals surface area contributed by atoms with Gasteiger partial charge in [-0.15, -0.1) is 0 Å². The first-order valence-electron chi connectivity index (χ1n) is 15.2. The van der Waals surface area contributed by atoms with E-state index in [0.29, 0.717) is 56.2 Å². The van der Waals surface area contributed by atoms with Crippen molar-refractivity contribution < 1.29 is 31.6 Å². The molecule has 3 N–H and O–H groups in total. The molecule has 1 atom stereocenters. The number of nitrogens with two attached hydrogens (primary N) is 1. The van der Waals surface area contributed by atoms with Crippen LogP contribution in [0.15, 0.2) is 48.8 Å². The first-order chi connectivity index (χ1) is 21.7. The summed E-state index contributed by atoms with van der Waals surface area (Å²) in [6.45, 7) is 0.893. The molecule has 0 spiro atoms. The van der Waals surface area contributed by atoms with E-state index in [9.17, 15) is 22.8 Å². The van der Waals surface area contributed by atoms with Gasteiger partial charge in [-0.05, 0) is 50.9 Å². The second-order valence-electron chi connectivity index (χ2n) is 11.1. The number of carbonyl (C=O) groups is 2. The number of alkyl halides is 3. The average molecular weight is 597 g/mol. The smallest absolute Gasteiger partial charge is 0.382 e. The lowest BCUT2D eigenvalue weighted by molar-refractivity contribution is -0.170. The third-order valence-electron chi connectivity index (χ3n) is 7.89. The Labute approximate surface area is 249 Å². The Bertz CT molecular complexity index is 1820. The van der Waals surface area contributed by atoms with Gasteiger partial charge in [-0.2, -0.15) is 13.2 Å². The number of fused-ring (bicyclic) bond motifs is 1. The molecule has 2 saturated heterocycles. The van der Waals surface area contributed by atoms with Crippen LogP contribution in [-0.2, 0) is 15.7 Å². The molecule has 2 aliphatic rings. The molecule has 0 bridgehead atoms. The van der Waals surface area contributed by atoms with Gasteiger partial charge in [0.1, 0.15) is 28.7 Å². The second kappa shape index (κ2) is 10.6. The number of rotatable bonds is 5. The van der Waals surface area contributed by atoms with Crippen LogP contribution in [0, 0.1) is 12.3 Å². The van der Waals surface area contributed by atoms with Gasteiger partial charge in [-0.25, -0.2) is 15.0 Å². The number of nitrogens with one attached hydrogen (secondary N) is 1. The normalized spacial score (nSPS) is 19.7. The predicted molar refractivity (Wildman–Crippen MR) is 152 cm³/mol. The van der Waals surface area contributed by atoms with Crippen LogP contribution in [0.25, 0.3) is 16.8 Å². The number of ether oxygens (including phenoxy) is 1. The molecule has 0 radical (unpaired) electrons. The van der Waals surface area contributed by atoms with Gasteiger partial charge in [0.15, 0.2) is 0 Å². The molecule has 2 fully saturated rings. The van der Waals surface area contributed by atoms with Gasteiger partial charge < -0.3 is 20.7 Å². The van der Waals surface area contributed by atoms with E-state index in [1.165, 1.54) is 22.7 Å². The van der Waals surface area contributed by atoms with Gasteiger partial charge >= 0.3 is 6.18 Å². The molecule has 4 aromatic rings. The fraction of sp³-hybridized carbons (Fsp3) is 0.367. The van der Waals surface area contributed by atoms with Crippen LogP contribution in [0.4, 0.5) is 24.8 Å². The van der Waals surface area contributed by atoms with E-state index in [1.807, 2.05) is 6.92 Å². The van der Waals surface area contributed by atoms with Crippen LogP contribution in [0.1, 0.15) is 57.2 Å². The molecule has 0 aliphatic carbocycles. The number of nitrogens with zero attached hydrogens (tertiary/aromatic N) is 5. The number of hydrogen-bond donors (Lipinski definition) is 2. The van der Waals surface area contributed by atoms with E-state index in [0.717, 1.165) is 18.3 Å². The zero-order valence-corrected chi connectivity index (χ0v) is 23.1. The molecule has 224 valence electrons. The highest BCUT2D eigenvalue weighted by Crippen LogP contribution is 2.37. The summed E-state index contributed by atoms with van der Waals surface area (Å²) in [4.78, 5) is 40.8.